The van der Waals surface area contributed by atoms with E-state index in [1.54, 1.807) is 0 Å². The molecule has 1 rings (SSSR count). The van der Waals surface area contributed by atoms with Gasteiger partial charge in [-0.1, -0.05) is 6.92 Å². The lowest BCUT2D eigenvalue weighted by Gasteiger charge is -2.32. The molecule has 1 aliphatic rings. The van der Waals surface area contributed by atoms with Crippen molar-refractivity contribution in [3.63, 3.8) is 0 Å². The van der Waals surface area contributed by atoms with Crippen LogP contribution in [0.4, 0.5) is 0 Å². The summed E-state index contributed by atoms with van der Waals surface area (Å²) in [4.78, 5) is 2.60. The van der Waals surface area contributed by atoms with E-state index in [1.165, 1.54) is 13.0 Å². The number of likely N-dealkylation sites (N-methyl/N-ethyl adjacent to an activating group) is 1. The summed E-state index contributed by atoms with van der Waals surface area (Å²) in [6, 6.07) is 0.766. The van der Waals surface area contributed by atoms with E-state index in [9.17, 15) is 0 Å². The Hall–Kier alpha value is -0.0800. The van der Waals surface area contributed by atoms with E-state index in [2.05, 4.69) is 37.9 Å². The first-order valence-electron chi connectivity index (χ1n) is 5.37. The topological polar surface area (TPSA) is 15.3 Å². The van der Waals surface area contributed by atoms with Crippen molar-refractivity contribution in [1.82, 2.24) is 10.2 Å². The van der Waals surface area contributed by atoms with Crippen molar-refractivity contribution >= 4 is 0 Å². The van der Waals surface area contributed by atoms with Crippen LogP contribution < -0.4 is 5.32 Å². The van der Waals surface area contributed by atoms with Crippen LogP contribution in [0.25, 0.3) is 0 Å². The molecule has 1 fully saturated rings. The van der Waals surface area contributed by atoms with E-state index in [1.807, 2.05) is 7.05 Å². The first kappa shape index (κ1) is 11.0. The number of rotatable bonds is 3. The average molecular weight is 184 g/mol. The van der Waals surface area contributed by atoms with Crippen molar-refractivity contribution in [2.24, 2.45) is 5.92 Å². The van der Waals surface area contributed by atoms with Gasteiger partial charge < -0.3 is 5.32 Å². The third-order valence-corrected chi connectivity index (χ3v) is 3.19. The molecule has 0 aromatic heterocycles. The molecule has 0 bridgehead atoms. The van der Waals surface area contributed by atoms with Gasteiger partial charge in [0.05, 0.1) is 0 Å². The molecule has 2 unspecified atom stereocenters. The van der Waals surface area contributed by atoms with Gasteiger partial charge in [0.1, 0.15) is 0 Å². The van der Waals surface area contributed by atoms with Crippen LogP contribution in [0.5, 0.6) is 0 Å². The molecule has 0 aromatic carbocycles. The van der Waals surface area contributed by atoms with E-state index < -0.39 is 0 Å². The Morgan fingerprint density at radius 1 is 1.38 bits per heavy atom. The van der Waals surface area contributed by atoms with Crippen LogP contribution in [0.1, 0.15) is 34.1 Å². The average Bonchev–Trinajstić information content (AvgIpc) is 2.30. The maximum atomic E-state index is 3.36. The highest BCUT2D eigenvalue weighted by molar-refractivity contribution is 4.87. The van der Waals surface area contributed by atoms with Gasteiger partial charge in [-0.25, -0.2) is 0 Å². The number of hydrogen-bond donors (Lipinski definition) is 1. The highest BCUT2D eigenvalue weighted by atomic mass is 15.2. The zero-order valence-corrected chi connectivity index (χ0v) is 9.72. The van der Waals surface area contributed by atoms with Crippen LogP contribution in [0.2, 0.25) is 0 Å². The first-order chi connectivity index (χ1) is 5.94. The van der Waals surface area contributed by atoms with E-state index in [0.717, 1.165) is 18.5 Å². The Labute approximate surface area is 82.7 Å². The summed E-state index contributed by atoms with van der Waals surface area (Å²) in [6.07, 6.45) is 1.36. The Bertz CT molecular complexity index is 165. The van der Waals surface area contributed by atoms with Gasteiger partial charge in [0.15, 0.2) is 0 Å². The zero-order valence-electron chi connectivity index (χ0n) is 9.72. The van der Waals surface area contributed by atoms with E-state index in [0.29, 0.717) is 0 Å². The molecule has 0 radical (unpaired) electrons. The molecule has 2 nitrogen and oxygen atoms in total. The maximum absolute atomic E-state index is 3.36. The number of likely N-dealkylation sites (tertiary alicyclic amines) is 1. The number of hydrogen-bond acceptors (Lipinski definition) is 2. The highest BCUT2D eigenvalue weighted by Crippen LogP contribution is 2.23. The van der Waals surface area contributed by atoms with Gasteiger partial charge >= 0.3 is 0 Å². The van der Waals surface area contributed by atoms with Crippen molar-refractivity contribution in [2.45, 2.75) is 45.7 Å². The van der Waals surface area contributed by atoms with Gasteiger partial charge in [-0.2, -0.15) is 0 Å². The van der Waals surface area contributed by atoms with Gasteiger partial charge in [-0.15, -0.1) is 0 Å². The largest absolute Gasteiger partial charge is 0.314 e. The third kappa shape index (κ3) is 2.96. The molecule has 1 saturated heterocycles. The first-order valence-corrected chi connectivity index (χ1v) is 5.37. The smallest absolute Gasteiger partial charge is 0.0249 e. The molecule has 2 atom stereocenters. The Morgan fingerprint density at radius 3 is 2.38 bits per heavy atom. The monoisotopic (exact) mass is 184 g/mol. The maximum Gasteiger partial charge on any atom is 0.0249 e. The van der Waals surface area contributed by atoms with Crippen LogP contribution in [0.15, 0.2) is 0 Å². The van der Waals surface area contributed by atoms with Crippen molar-refractivity contribution in [2.75, 3.05) is 20.1 Å². The highest BCUT2D eigenvalue weighted by Gasteiger charge is 2.29. The Morgan fingerprint density at radius 2 is 2.00 bits per heavy atom. The normalized spacial score (nSPS) is 31.2. The van der Waals surface area contributed by atoms with E-state index in [-0.39, 0.29) is 5.54 Å². The molecule has 13 heavy (non-hydrogen) atoms. The second-order valence-corrected chi connectivity index (χ2v) is 5.25. The molecule has 1 heterocycles. The van der Waals surface area contributed by atoms with E-state index in [4.69, 9.17) is 0 Å². The second-order valence-electron chi connectivity index (χ2n) is 5.25. The summed E-state index contributed by atoms with van der Waals surface area (Å²) in [5.41, 5.74) is 0.248. The van der Waals surface area contributed by atoms with Gasteiger partial charge in [0.25, 0.3) is 0 Å². The second kappa shape index (κ2) is 3.97. The third-order valence-electron chi connectivity index (χ3n) is 3.19. The fraction of sp³-hybridized carbons (Fsp3) is 1.00. The molecule has 0 saturated carbocycles. The van der Waals surface area contributed by atoms with Crippen LogP contribution in [0.3, 0.4) is 0 Å². The Balaban J connectivity index is 2.45. The molecule has 0 aliphatic carbocycles. The summed E-state index contributed by atoms with van der Waals surface area (Å²) in [7, 11) is 2.05. The van der Waals surface area contributed by atoms with Crippen molar-refractivity contribution in [1.29, 1.82) is 0 Å². The Kier molecular flexibility index (Phi) is 3.36. The molecular weight excluding hydrogens is 160 g/mol. The minimum absolute atomic E-state index is 0.248. The quantitative estimate of drug-likeness (QED) is 0.718. The fourth-order valence-corrected chi connectivity index (χ4v) is 2.19. The summed E-state index contributed by atoms with van der Waals surface area (Å²) < 4.78 is 0. The molecule has 1 N–H and O–H groups in total. The van der Waals surface area contributed by atoms with Gasteiger partial charge in [0, 0.05) is 24.7 Å². The number of nitrogens with one attached hydrogen (secondary N) is 1. The van der Waals surface area contributed by atoms with Gasteiger partial charge in [-0.05, 0) is 40.2 Å². The SMILES string of the molecule is CNC(C)(C)CN1CC(C)CC1C. The van der Waals surface area contributed by atoms with Gasteiger partial charge in [0.2, 0.25) is 0 Å². The minimum atomic E-state index is 0.248. The lowest BCUT2D eigenvalue weighted by molar-refractivity contribution is 0.199. The van der Waals surface area contributed by atoms with Crippen molar-refractivity contribution in [3.8, 4) is 0 Å². The number of nitrogens with zero attached hydrogens (tertiary/aromatic N) is 1. The molecular formula is C11H24N2. The standard InChI is InChI=1S/C11H24N2/c1-9-6-10(2)13(7-9)8-11(3,4)12-5/h9-10,12H,6-8H2,1-5H3. The lowest BCUT2D eigenvalue weighted by Crippen LogP contribution is -2.48. The van der Waals surface area contributed by atoms with Crippen LogP contribution in [-0.2, 0) is 0 Å². The van der Waals surface area contributed by atoms with Crippen LogP contribution >= 0.6 is 0 Å². The van der Waals surface area contributed by atoms with Crippen molar-refractivity contribution < 1.29 is 0 Å². The summed E-state index contributed by atoms with van der Waals surface area (Å²) in [5.74, 6) is 0.877. The molecule has 2 heteroatoms. The summed E-state index contributed by atoms with van der Waals surface area (Å²) in [5, 5.41) is 3.36. The fourth-order valence-electron chi connectivity index (χ4n) is 2.19. The molecule has 78 valence electrons. The summed E-state index contributed by atoms with van der Waals surface area (Å²) >= 11 is 0. The predicted octanol–water partition coefficient (Wildman–Crippen LogP) is 1.71. The zero-order chi connectivity index (χ0) is 10.1. The van der Waals surface area contributed by atoms with Crippen molar-refractivity contribution in [3.05, 3.63) is 0 Å². The molecule has 0 aromatic rings. The van der Waals surface area contributed by atoms with Gasteiger partial charge in [-0.3, -0.25) is 4.90 Å². The molecule has 0 amide bonds. The molecule has 0 spiro atoms. The lowest BCUT2D eigenvalue weighted by atomic mass is 10.1. The minimum Gasteiger partial charge on any atom is -0.314 e. The van der Waals surface area contributed by atoms with E-state index >= 15 is 0 Å². The predicted molar refractivity (Wildman–Crippen MR) is 58.0 cm³/mol. The molecule has 1 aliphatic heterocycles. The summed E-state index contributed by atoms with van der Waals surface area (Å²) in [6.45, 7) is 11.7. The van der Waals surface area contributed by atoms with Crippen LogP contribution in [-0.4, -0.2) is 36.6 Å². The van der Waals surface area contributed by atoms with Crippen LogP contribution in [0, 0.1) is 5.92 Å².